The van der Waals surface area contributed by atoms with Crippen LogP contribution in [-0.2, 0) is 9.84 Å². The van der Waals surface area contributed by atoms with Gasteiger partial charge in [-0.15, -0.1) is 0 Å². The summed E-state index contributed by atoms with van der Waals surface area (Å²) >= 11 is 0. The SMILES string of the molecule is Cc1c(C(=O)c2ccccc2)c2ccccc2n1C(C)CS(=O)(=O)c1ccncc1. The first-order valence-electron chi connectivity index (χ1n) is 9.72. The minimum Gasteiger partial charge on any atom is -0.340 e. The fourth-order valence-corrected chi connectivity index (χ4v) is 5.53. The normalized spacial score (nSPS) is 12.7. The lowest BCUT2D eigenvalue weighted by molar-refractivity contribution is 0.103. The standard InChI is InChI=1S/C24H22N2O3S/c1-17(16-30(28,29)20-12-14-25-15-13-20)26-18(2)23(21-10-6-7-11-22(21)26)24(27)19-8-4-3-5-9-19/h3-15,17H,16H2,1-2H3. The van der Waals surface area contributed by atoms with Crippen LogP contribution in [0.4, 0.5) is 0 Å². The molecule has 0 N–H and O–H groups in total. The molecule has 0 aliphatic heterocycles. The highest BCUT2D eigenvalue weighted by Crippen LogP contribution is 2.32. The molecule has 1 atom stereocenters. The molecule has 4 rings (SSSR count). The lowest BCUT2D eigenvalue weighted by Crippen LogP contribution is -2.19. The van der Waals surface area contributed by atoms with Gasteiger partial charge in [-0.2, -0.15) is 0 Å². The molecule has 0 bridgehead atoms. The monoisotopic (exact) mass is 418 g/mol. The molecule has 0 amide bonds. The Balaban J connectivity index is 1.80. The van der Waals surface area contributed by atoms with E-state index in [1.807, 2.05) is 60.9 Å². The summed E-state index contributed by atoms with van der Waals surface area (Å²) in [5.41, 5.74) is 2.85. The average molecular weight is 419 g/mol. The van der Waals surface area contributed by atoms with Crippen LogP contribution in [0.15, 0.2) is 84.0 Å². The third kappa shape index (κ3) is 3.55. The lowest BCUT2D eigenvalue weighted by atomic mass is 10.0. The number of aromatic nitrogens is 2. The van der Waals surface area contributed by atoms with Crippen molar-refractivity contribution in [3.63, 3.8) is 0 Å². The smallest absolute Gasteiger partial charge is 0.195 e. The summed E-state index contributed by atoms with van der Waals surface area (Å²) in [6, 6.07) is 19.4. The summed E-state index contributed by atoms with van der Waals surface area (Å²) in [5.74, 6) is -0.137. The Morgan fingerprint density at radius 1 is 0.967 bits per heavy atom. The minimum atomic E-state index is -3.50. The number of carbonyl (C=O) groups is 1. The van der Waals surface area contributed by atoms with Crippen molar-refractivity contribution in [3.8, 4) is 0 Å². The summed E-state index contributed by atoms with van der Waals surface area (Å²) in [6.45, 7) is 3.75. The van der Waals surface area contributed by atoms with Crippen LogP contribution >= 0.6 is 0 Å². The summed E-state index contributed by atoms with van der Waals surface area (Å²) in [4.78, 5) is 17.4. The van der Waals surface area contributed by atoms with Crippen LogP contribution in [0, 0.1) is 6.92 Å². The Morgan fingerprint density at radius 3 is 2.30 bits per heavy atom. The van der Waals surface area contributed by atoms with Gasteiger partial charge in [-0.1, -0.05) is 48.5 Å². The zero-order chi connectivity index (χ0) is 21.3. The van der Waals surface area contributed by atoms with Crippen LogP contribution in [0.25, 0.3) is 10.9 Å². The Hall–Kier alpha value is -3.25. The third-order valence-corrected chi connectivity index (χ3v) is 7.24. The van der Waals surface area contributed by atoms with Crippen molar-refractivity contribution in [2.45, 2.75) is 24.8 Å². The first kappa shape index (κ1) is 20.0. The van der Waals surface area contributed by atoms with Gasteiger partial charge in [0.25, 0.3) is 0 Å². The van der Waals surface area contributed by atoms with Gasteiger partial charge in [0.05, 0.1) is 16.2 Å². The highest BCUT2D eigenvalue weighted by atomic mass is 32.2. The van der Waals surface area contributed by atoms with E-state index >= 15 is 0 Å². The zero-order valence-corrected chi connectivity index (χ0v) is 17.6. The van der Waals surface area contributed by atoms with Crippen molar-refractivity contribution >= 4 is 26.5 Å². The van der Waals surface area contributed by atoms with E-state index in [1.165, 1.54) is 24.5 Å². The molecule has 5 nitrogen and oxygen atoms in total. The molecule has 30 heavy (non-hydrogen) atoms. The molecule has 0 fully saturated rings. The number of pyridine rings is 1. The van der Waals surface area contributed by atoms with Crippen molar-refractivity contribution in [1.82, 2.24) is 9.55 Å². The van der Waals surface area contributed by atoms with Gasteiger partial charge in [-0.3, -0.25) is 9.78 Å². The number of carbonyl (C=O) groups excluding carboxylic acids is 1. The number of hydrogen-bond acceptors (Lipinski definition) is 4. The maximum atomic E-state index is 13.3. The Morgan fingerprint density at radius 2 is 1.60 bits per heavy atom. The molecule has 4 aromatic rings. The molecule has 0 radical (unpaired) electrons. The fraction of sp³-hybridized carbons (Fsp3) is 0.167. The lowest BCUT2D eigenvalue weighted by Gasteiger charge is -2.18. The van der Waals surface area contributed by atoms with Gasteiger partial charge in [0, 0.05) is 40.6 Å². The molecule has 0 saturated heterocycles. The van der Waals surface area contributed by atoms with Crippen LogP contribution in [0.3, 0.4) is 0 Å². The molecule has 2 aromatic heterocycles. The van der Waals surface area contributed by atoms with Crippen LogP contribution < -0.4 is 0 Å². The molecule has 0 aliphatic rings. The maximum Gasteiger partial charge on any atom is 0.195 e. The Kier molecular flexibility index (Phi) is 5.26. The summed E-state index contributed by atoms with van der Waals surface area (Å²) in [5, 5.41) is 0.831. The predicted molar refractivity (Wildman–Crippen MR) is 118 cm³/mol. The molecular formula is C24H22N2O3S. The van der Waals surface area contributed by atoms with Crippen molar-refractivity contribution in [2.75, 3.05) is 5.75 Å². The number of rotatable bonds is 6. The summed E-state index contributed by atoms with van der Waals surface area (Å²) in [7, 11) is -3.50. The number of benzene rings is 2. The van der Waals surface area contributed by atoms with Gasteiger partial charge in [-0.25, -0.2) is 8.42 Å². The number of ketones is 1. The maximum absolute atomic E-state index is 13.3. The molecule has 2 heterocycles. The molecule has 0 aliphatic carbocycles. The number of para-hydroxylation sites is 1. The van der Waals surface area contributed by atoms with E-state index in [4.69, 9.17) is 0 Å². The average Bonchev–Trinajstić information content (AvgIpc) is 3.06. The van der Waals surface area contributed by atoms with Gasteiger partial charge in [0.2, 0.25) is 0 Å². The minimum absolute atomic E-state index is 0.0627. The van der Waals surface area contributed by atoms with Crippen LogP contribution in [0.1, 0.15) is 34.6 Å². The van der Waals surface area contributed by atoms with Gasteiger partial charge < -0.3 is 4.57 Å². The van der Waals surface area contributed by atoms with E-state index in [9.17, 15) is 13.2 Å². The third-order valence-electron chi connectivity index (χ3n) is 5.33. The number of fused-ring (bicyclic) bond motifs is 1. The van der Waals surface area contributed by atoms with Crippen molar-refractivity contribution in [3.05, 3.63) is 95.9 Å². The highest BCUT2D eigenvalue weighted by molar-refractivity contribution is 7.91. The molecule has 2 aromatic carbocycles. The first-order chi connectivity index (χ1) is 14.4. The quantitative estimate of drug-likeness (QED) is 0.429. The second-order valence-corrected chi connectivity index (χ2v) is 9.39. The van der Waals surface area contributed by atoms with Gasteiger partial charge in [-0.05, 0) is 32.0 Å². The van der Waals surface area contributed by atoms with Crippen LogP contribution in [0.2, 0.25) is 0 Å². The van der Waals surface area contributed by atoms with Crippen molar-refractivity contribution in [1.29, 1.82) is 0 Å². The molecule has 6 heteroatoms. The molecule has 152 valence electrons. The molecule has 0 spiro atoms. The number of nitrogens with zero attached hydrogens (tertiary/aromatic N) is 2. The van der Waals surface area contributed by atoms with Gasteiger partial charge in [0.15, 0.2) is 15.6 Å². The summed E-state index contributed by atoms with van der Waals surface area (Å²) in [6.07, 6.45) is 2.95. The second-order valence-electron chi connectivity index (χ2n) is 7.36. The second kappa shape index (κ2) is 7.88. The van der Waals surface area contributed by atoms with E-state index in [-0.39, 0.29) is 22.5 Å². The molecule has 1 unspecified atom stereocenters. The Labute approximate surface area is 175 Å². The van der Waals surface area contributed by atoms with E-state index in [1.54, 1.807) is 12.1 Å². The highest BCUT2D eigenvalue weighted by Gasteiger charge is 2.26. The van der Waals surface area contributed by atoms with Crippen LogP contribution in [-0.4, -0.2) is 29.5 Å². The van der Waals surface area contributed by atoms with E-state index in [0.29, 0.717) is 11.1 Å². The van der Waals surface area contributed by atoms with E-state index in [0.717, 1.165) is 16.6 Å². The topological polar surface area (TPSA) is 69.0 Å². The Bertz CT molecular complexity index is 1310. The molecular weight excluding hydrogens is 396 g/mol. The molecule has 0 saturated carbocycles. The summed E-state index contributed by atoms with van der Waals surface area (Å²) < 4.78 is 27.8. The van der Waals surface area contributed by atoms with Crippen LogP contribution in [0.5, 0.6) is 0 Å². The zero-order valence-electron chi connectivity index (χ0n) is 16.8. The number of sulfone groups is 1. The number of hydrogen-bond donors (Lipinski definition) is 0. The first-order valence-corrected chi connectivity index (χ1v) is 11.4. The van der Waals surface area contributed by atoms with E-state index in [2.05, 4.69) is 4.98 Å². The van der Waals surface area contributed by atoms with Crippen molar-refractivity contribution in [2.24, 2.45) is 0 Å². The van der Waals surface area contributed by atoms with E-state index < -0.39 is 9.84 Å². The predicted octanol–water partition coefficient (Wildman–Crippen LogP) is 4.61. The van der Waals surface area contributed by atoms with Gasteiger partial charge in [0.1, 0.15) is 0 Å². The fourth-order valence-electron chi connectivity index (χ4n) is 4.01. The largest absolute Gasteiger partial charge is 0.340 e. The van der Waals surface area contributed by atoms with Crippen molar-refractivity contribution < 1.29 is 13.2 Å². The van der Waals surface area contributed by atoms with Gasteiger partial charge >= 0.3 is 0 Å².